The zero-order valence-corrected chi connectivity index (χ0v) is 12.8. The zero-order valence-electron chi connectivity index (χ0n) is 12.8. The van der Waals surface area contributed by atoms with Gasteiger partial charge in [0.1, 0.15) is 0 Å². The van der Waals surface area contributed by atoms with Gasteiger partial charge < -0.3 is 16.0 Å². The maximum absolute atomic E-state index is 13.1. The number of hydrogen-bond donors (Lipinski definition) is 2. The molecule has 0 spiro atoms. The number of rotatable bonds is 2. The van der Waals surface area contributed by atoms with Crippen LogP contribution in [0.15, 0.2) is 24.3 Å². The number of carbonyl (C=O) groups is 2. The quantitative estimate of drug-likeness (QED) is 0.875. The number of urea groups is 1. The number of amides is 3. The van der Waals surface area contributed by atoms with Gasteiger partial charge >= 0.3 is 12.2 Å². The molecule has 126 valence electrons. The fourth-order valence-corrected chi connectivity index (χ4v) is 3.04. The van der Waals surface area contributed by atoms with Gasteiger partial charge in [-0.15, -0.1) is 0 Å². The predicted molar refractivity (Wildman–Crippen MR) is 78.9 cm³/mol. The number of anilines is 1. The number of nitrogens with two attached hydrogens (primary N) is 1. The second-order valence-electron chi connectivity index (χ2n) is 6.06. The van der Waals surface area contributed by atoms with Crippen molar-refractivity contribution in [1.29, 1.82) is 0 Å². The van der Waals surface area contributed by atoms with Crippen molar-refractivity contribution in [1.82, 2.24) is 4.90 Å². The molecule has 0 unspecified atom stereocenters. The number of likely N-dealkylation sites (tertiary alicyclic amines) is 1. The van der Waals surface area contributed by atoms with E-state index < -0.39 is 29.6 Å². The van der Waals surface area contributed by atoms with Crippen LogP contribution in [0.4, 0.5) is 23.7 Å². The number of nitrogens with zero attached hydrogens (tertiary/aromatic N) is 1. The maximum Gasteiger partial charge on any atom is 0.394 e. The van der Waals surface area contributed by atoms with Gasteiger partial charge in [-0.25, -0.2) is 4.79 Å². The van der Waals surface area contributed by atoms with Gasteiger partial charge in [0.05, 0.1) is 5.92 Å². The van der Waals surface area contributed by atoms with Crippen LogP contribution in [0.25, 0.3) is 0 Å². The standard InChI is InChI=1S/C15H18F3N3O2/c1-14(2)11(15(16,17)18)6-7-21(14)12(22)9-4-3-5-10(8-9)20-13(19)23/h3-5,8,11H,6-7H2,1-2H3,(H3,19,20,23)/t11-/m0/s1. The highest BCUT2D eigenvalue weighted by Gasteiger charge is 2.56. The smallest absolute Gasteiger partial charge is 0.351 e. The Kier molecular flexibility index (Phi) is 4.28. The third kappa shape index (κ3) is 3.40. The molecule has 0 aliphatic carbocycles. The molecule has 1 aliphatic rings. The molecule has 0 radical (unpaired) electrons. The van der Waals surface area contributed by atoms with Gasteiger partial charge in [-0.1, -0.05) is 6.07 Å². The van der Waals surface area contributed by atoms with Gasteiger partial charge in [0.15, 0.2) is 0 Å². The van der Waals surface area contributed by atoms with E-state index in [2.05, 4.69) is 5.32 Å². The number of halogens is 3. The second-order valence-corrected chi connectivity index (χ2v) is 6.06. The molecular formula is C15H18F3N3O2. The molecule has 2 rings (SSSR count). The average molecular weight is 329 g/mol. The van der Waals surface area contributed by atoms with Crippen molar-refractivity contribution in [2.45, 2.75) is 32.0 Å². The van der Waals surface area contributed by atoms with Crippen molar-refractivity contribution in [3.8, 4) is 0 Å². The Morgan fingerprint density at radius 2 is 2.00 bits per heavy atom. The summed E-state index contributed by atoms with van der Waals surface area (Å²) in [4.78, 5) is 24.7. The first-order chi connectivity index (χ1) is 10.5. The lowest BCUT2D eigenvalue weighted by atomic mass is 9.87. The van der Waals surface area contributed by atoms with E-state index >= 15 is 0 Å². The molecule has 8 heteroatoms. The molecule has 5 nitrogen and oxygen atoms in total. The molecule has 3 N–H and O–H groups in total. The van der Waals surface area contributed by atoms with Gasteiger partial charge in [-0.05, 0) is 38.5 Å². The second kappa shape index (κ2) is 5.75. The molecule has 1 aromatic rings. The summed E-state index contributed by atoms with van der Waals surface area (Å²) < 4.78 is 39.3. The van der Waals surface area contributed by atoms with E-state index in [0.717, 1.165) is 0 Å². The Labute approximate surface area is 131 Å². The monoisotopic (exact) mass is 329 g/mol. The van der Waals surface area contributed by atoms with Crippen LogP contribution < -0.4 is 11.1 Å². The Bertz CT molecular complexity index is 629. The SMILES string of the molecule is CC1(C)[C@@H](C(F)(F)F)CCN1C(=O)c1cccc(NC(N)=O)c1. The van der Waals surface area contributed by atoms with E-state index in [9.17, 15) is 22.8 Å². The van der Waals surface area contributed by atoms with Crippen LogP contribution in [0.2, 0.25) is 0 Å². The van der Waals surface area contributed by atoms with Crippen LogP contribution in [0.1, 0.15) is 30.6 Å². The van der Waals surface area contributed by atoms with Crippen LogP contribution in [0, 0.1) is 5.92 Å². The molecule has 1 atom stereocenters. The highest BCUT2D eigenvalue weighted by atomic mass is 19.4. The molecule has 1 aliphatic heterocycles. The lowest BCUT2D eigenvalue weighted by molar-refractivity contribution is -0.189. The average Bonchev–Trinajstić information content (AvgIpc) is 2.72. The van der Waals surface area contributed by atoms with E-state index in [4.69, 9.17) is 5.73 Å². The van der Waals surface area contributed by atoms with Crippen LogP contribution in [0.3, 0.4) is 0 Å². The highest BCUT2D eigenvalue weighted by Crippen LogP contribution is 2.45. The molecule has 1 heterocycles. The third-order valence-electron chi connectivity index (χ3n) is 4.21. The van der Waals surface area contributed by atoms with Gasteiger partial charge in [-0.2, -0.15) is 13.2 Å². The Hall–Kier alpha value is -2.25. The van der Waals surface area contributed by atoms with Gasteiger partial charge in [0.2, 0.25) is 0 Å². The summed E-state index contributed by atoms with van der Waals surface area (Å²) in [5.41, 5.74) is 4.19. The number of primary amides is 1. The minimum Gasteiger partial charge on any atom is -0.351 e. The van der Waals surface area contributed by atoms with Crippen LogP contribution in [-0.4, -0.2) is 35.1 Å². The number of hydrogen-bond acceptors (Lipinski definition) is 2. The summed E-state index contributed by atoms with van der Waals surface area (Å²) in [6.45, 7) is 2.87. The van der Waals surface area contributed by atoms with Gasteiger partial charge in [0.25, 0.3) is 5.91 Å². The maximum atomic E-state index is 13.1. The number of benzene rings is 1. The molecular weight excluding hydrogens is 311 g/mol. The number of carbonyl (C=O) groups excluding carboxylic acids is 2. The normalized spacial score (nSPS) is 20.4. The first-order valence-corrected chi connectivity index (χ1v) is 7.08. The Morgan fingerprint density at radius 1 is 1.35 bits per heavy atom. The van der Waals surface area contributed by atoms with E-state index in [1.165, 1.54) is 43.0 Å². The predicted octanol–water partition coefficient (Wildman–Crippen LogP) is 2.98. The summed E-state index contributed by atoms with van der Waals surface area (Å²) in [6.07, 6.45) is -4.48. The lowest BCUT2D eigenvalue weighted by Crippen LogP contribution is -2.49. The number of nitrogens with one attached hydrogen (secondary N) is 1. The summed E-state index contributed by atoms with van der Waals surface area (Å²) in [6, 6.07) is 5.17. The Morgan fingerprint density at radius 3 is 2.52 bits per heavy atom. The molecule has 0 bridgehead atoms. The van der Waals surface area contributed by atoms with Crippen LogP contribution in [0.5, 0.6) is 0 Å². The van der Waals surface area contributed by atoms with Crippen molar-refractivity contribution >= 4 is 17.6 Å². The van der Waals surface area contributed by atoms with Crippen LogP contribution in [-0.2, 0) is 0 Å². The van der Waals surface area contributed by atoms with E-state index in [1.54, 1.807) is 0 Å². The fraction of sp³-hybridized carbons (Fsp3) is 0.467. The first kappa shape index (κ1) is 17.1. The topological polar surface area (TPSA) is 75.4 Å². The van der Waals surface area contributed by atoms with Crippen molar-refractivity contribution < 1.29 is 22.8 Å². The molecule has 23 heavy (non-hydrogen) atoms. The summed E-state index contributed by atoms with van der Waals surface area (Å²) >= 11 is 0. The molecule has 3 amide bonds. The van der Waals surface area contributed by atoms with Crippen molar-refractivity contribution in [2.24, 2.45) is 11.7 Å². The van der Waals surface area contributed by atoms with Crippen LogP contribution >= 0.6 is 0 Å². The van der Waals surface area contributed by atoms with Crippen molar-refractivity contribution in [3.63, 3.8) is 0 Å². The molecule has 0 saturated carbocycles. The summed E-state index contributed by atoms with van der Waals surface area (Å²) in [5, 5.41) is 2.33. The molecule has 1 saturated heterocycles. The van der Waals surface area contributed by atoms with Crippen molar-refractivity contribution in [3.05, 3.63) is 29.8 Å². The van der Waals surface area contributed by atoms with Crippen molar-refractivity contribution in [2.75, 3.05) is 11.9 Å². The molecule has 0 aromatic heterocycles. The number of alkyl halides is 3. The van der Waals surface area contributed by atoms with E-state index in [-0.39, 0.29) is 18.5 Å². The van der Waals surface area contributed by atoms with E-state index in [1.807, 2.05) is 0 Å². The first-order valence-electron chi connectivity index (χ1n) is 7.08. The minimum absolute atomic E-state index is 0.0312. The lowest BCUT2D eigenvalue weighted by Gasteiger charge is -2.36. The minimum atomic E-state index is -4.35. The Balaban J connectivity index is 2.26. The highest BCUT2D eigenvalue weighted by molar-refractivity contribution is 5.97. The molecule has 1 fully saturated rings. The largest absolute Gasteiger partial charge is 0.394 e. The van der Waals surface area contributed by atoms with Gasteiger partial charge in [0, 0.05) is 23.3 Å². The van der Waals surface area contributed by atoms with Gasteiger partial charge in [-0.3, -0.25) is 4.79 Å². The third-order valence-corrected chi connectivity index (χ3v) is 4.21. The summed E-state index contributed by atoms with van der Waals surface area (Å²) in [7, 11) is 0. The zero-order chi connectivity index (χ0) is 17.4. The summed E-state index contributed by atoms with van der Waals surface area (Å²) in [5.74, 6) is -2.07. The molecule has 1 aromatic carbocycles. The fourth-order valence-electron chi connectivity index (χ4n) is 3.04. The van der Waals surface area contributed by atoms with E-state index in [0.29, 0.717) is 5.69 Å².